The zero-order chi connectivity index (χ0) is 17.0. The molecule has 0 bridgehead atoms. The third-order valence-corrected chi connectivity index (χ3v) is 4.48. The Labute approximate surface area is 148 Å². The molecule has 0 atom stereocenters. The van der Waals surface area contributed by atoms with Gasteiger partial charge in [0.25, 0.3) is 0 Å². The van der Waals surface area contributed by atoms with Crippen LogP contribution in [-0.2, 0) is 6.61 Å². The molecular formula is C19H21ClO2S. The molecule has 0 amide bonds. The largest absolute Gasteiger partial charge is 0.488 e. The van der Waals surface area contributed by atoms with Crippen molar-refractivity contribution in [3.8, 4) is 11.5 Å². The first-order valence-corrected chi connectivity index (χ1v) is 8.39. The zero-order valence-electron chi connectivity index (χ0n) is 13.9. The van der Waals surface area contributed by atoms with Gasteiger partial charge in [-0.3, -0.25) is 0 Å². The topological polar surface area (TPSA) is 18.5 Å². The Kier molecular flexibility index (Phi) is 6.03. The van der Waals surface area contributed by atoms with Gasteiger partial charge in [0.1, 0.15) is 18.1 Å². The number of benzene rings is 2. The molecule has 0 aromatic heterocycles. The summed E-state index contributed by atoms with van der Waals surface area (Å²) in [6, 6.07) is 9.72. The summed E-state index contributed by atoms with van der Waals surface area (Å²) in [4.78, 5) is 0. The van der Waals surface area contributed by atoms with E-state index in [4.69, 9.17) is 33.3 Å². The minimum Gasteiger partial charge on any atom is -0.488 e. The van der Waals surface area contributed by atoms with Crippen molar-refractivity contribution in [1.82, 2.24) is 0 Å². The van der Waals surface area contributed by atoms with Crippen LogP contribution in [0.1, 0.15) is 35.6 Å². The Morgan fingerprint density at radius 1 is 1.04 bits per heavy atom. The van der Waals surface area contributed by atoms with Crippen LogP contribution in [0.5, 0.6) is 11.5 Å². The van der Waals surface area contributed by atoms with Gasteiger partial charge in [-0.05, 0) is 67.9 Å². The van der Waals surface area contributed by atoms with Crippen LogP contribution in [0.25, 0.3) is 0 Å². The Morgan fingerprint density at radius 3 is 2.43 bits per heavy atom. The lowest BCUT2D eigenvalue weighted by Gasteiger charge is -2.15. The summed E-state index contributed by atoms with van der Waals surface area (Å²) >= 11 is 11.5. The smallest absolute Gasteiger partial charge is 0.167 e. The molecule has 0 fully saturated rings. The van der Waals surface area contributed by atoms with Crippen LogP contribution in [-0.4, -0.2) is 5.05 Å². The standard InChI is InChI=1S/C19H21ClO2S/c1-5-19(23)22-17-8-6-7-16(20)15(17)11-21-18-10-13(3)12(2)9-14(18)4/h6-10H,5,11H2,1-4H3. The normalized spacial score (nSPS) is 10.5. The summed E-state index contributed by atoms with van der Waals surface area (Å²) in [5, 5.41) is 1.15. The minimum absolute atomic E-state index is 0.338. The molecule has 0 aliphatic carbocycles. The van der Waals surface area contributed by atoms with Gasteiger partial charge in [0.15, 0.2) is 5.05 Å². The molecule has 0 aliphatic heterocycles. The SMILES string of the molecule is CCC(=S)Oc1cccc(Cl)c1COc1cc(C)c(C)cc1C. The molecule has 23 heavy (non-hydrogen) atoms. The minimum atomic E-state index is 0.338. The first-order valence-electron chi connectivity index (χ1n) is 7.61. The van der Waals surface area contributed by atoms with Crippen molar-refractivity contribution in [2.24, 2.45) is 0 Å². The maximum absolute atomic E-state index is 6.32. The average molecular weight is 349 g/mol. The summed E-state index contributed by atoms with van der Waals surface area (Å²) in [6.45, 7) is 8.51. The molecule has 2 nitrogen and oxygen atoms in total. The van der Waals surface area contributed by atoms with Crippen molar-refractivity contribution in [3.63, 3.8) is 0 Å². The second kappa shape index (κ2) is 7.80. The summed E-state index contributed by atoms with van der Waals surface area (Å²) in [6.07, 6.45) is 0.679. The molecule has 0 aliphatic rings. The molecule has 0 saturated carbocycles. The van der Waals surface area contributed by atoms with Gasteiger partial charge in [-0.2, -0.15) is 0 Å². The van der Waals surface area contributed by atoms with Gasteiger partial charge in [-0.15, -0.1) is 0 Å². The van der Waals surface area contributed by atoms with E-state index in [9.17, 15) is 0 Å². The number of ether oxygens (including phenoxy) is 2. The molecule has 0 spiro atoms. The molecule has 2 aromatic carbocycles. The van der Waals surface area contributed by atoms with E-state index in [1.54, 1.807) is 0 Å². The lowest BCUT2D eigenvalue weighted by Crippen LogP contribution is -2.07. The van der Waals surface area contributed by atoms with Gasteiger partial charge in [0.2, 0.25) is 0 Å². The van der Waals surface area contributed by atoms with Crippen molar-refractivity contribution in [2.45, 2.75) is 40.7 Å². The van der Waals surface area contributed by atoms with Gasteiger partial charge in [-0.1, -0.05) is 30.7 Å². The molecule has 2 aromatic rings. The summed E-state index contributed by atoms with van der Waals surface area (Å²) in [7, 11) is 0. The molecule has 122 valence electrons. The molecule has 0 N–H and O–H groups in total. The van der Waals surface area contributed by atoms with E-state index in [0.717, 1.165) is 16.9 Å². The quantitative estimate of drug-likeness (QED) is 0.621. The van der Waals surface area contributed by atoms with Crippen LogP contribution >= 0.6 is 23.8 Å². The van der Waals surface area contributed by atoms with E-state index in [2.05, 4.69) is 26.0 Å². The summed E-state index contributed by atoms with van der Waals surface area (Å²) < 4.78 is 11.7. The van der Waals surface area contributed by atoms with Gasteiger partial charge in [-0.25, -0.2) is 0 Å². The van der Waals surface area contributed by atoms with Crippen molar-refractivity contribution in [1.29, 1.82) is 0 Å². The number of thiocarbonyl (C=S) groups is 1. The van der Waals surface area contributed by atoms with Gasteiger partial charge >= 0.3 is 0 Å². The van der Waals surface area contributed by atoms with Crippen LogP contribution in [0, 0.1) is 20.8 Å². The molecule has 4 heteroatoms. The number of halogens is 1. The second-order valence-corrected chi connectivity index (χ2v) is 6.40. The molecule has 0 heterocycles. The fraction of sp³-hybridized carbons (Fsp3) is 0.316. The highest BCUT2D eigenvalue weighted by molar-refractivity contribution is 7.80. The fourth-order valence-electron chi connectivity index (χ4n) is 2.21. The van der Waals surface area contributed by atoms with Gasteiger partial charge in [0.05, 0.1) is 10.6 Å². The number of rotatable bonds is 5. The molecule has 0 radical (unpaired) electrons. The molecular weight excluding hydrogens is 328 g/mol. The highest BCUT2D eigenvalue weighted by Crippen LogP contribution is 2.30. The predicted octanol–water partition coefficient (Wildman–Crippen LogP) is 5.96. The van der Waals surface area contributed by atoms with Crippen molar-refractivity contribution in [2.75, 3.05) is 0 Å². The van der Waals surface area contributed by atoms with Crippen LogP contribution in [0.4, 0.5) is 0 Å². The second-order valence-electron chi connectivity index (χ2n) is 5.53. The van der Waals surface area contributed by atoms with Crippen LogP contribution in [0.2, 0.25) is 5.02 Å². The number of hydrogen-bond donors (Lipinski definition) is 0. The third kappa shape index (κ3) is 4.46. The lowest BCUT2D eigenvalue weighted by atomic mass is 10.1. The number of aryl methyl sites for hydroxylation is 3. The van der Waals surface area contributed by atoms with Crippen LogP contribution < -0.4 is 9.47 Å². The van der Waals surface area contributed by atoms with E-state index in [-0.39, 0.29) is 0 Å². The first kappa shape index (κ1) is 17.8. The maximum atomic E-state index is 6.32. The fourth-order valence-corrected chi connectivity index (χ4v) is 2.52. The lowest BCUT2D eigenvalue weighted by molar-refractivity contribution is 0.300. The summed E-state index contributed by atoms with van der Waals surface area (Å²) in [5.41, 5.74) is 4.37. The Balaban J connectivity index is 2.23. The van der Waals surface area contributed by atoms with Crippen LogP contribution in [0.15, 0.2) is 30.3 Å². The van der Waals surface area contributed by atoms with Crippen LogP contribution in [0.3, 0.4) is 0 Å². The van der Waals surface area contributed by atoms with E-state index in [1.807, 2.05) is 32.0 Å². The monoisotopic (exact) mass is 348 g/mol. The molecule has 2 rings (SSSR count). The van der Waals surface area contributed by atoms with Gasteiger partial charge in [0, 0.05) is 6.42 Å². The van der Waals surface area contributed by atoms with E-state index in [1.165, 1.54) is 11.1 Å². The zero-order valence-corrected chi connectivity index (χ0v) is 15.5. The van der Waals surface area contributed by atoms with E-state index >= 15 is 0 Å². The molecule has 0 unspecified atom stereocenters. The summed E-state index contributed by atoms with van der Waals surface area (Å²) in [5.74, 6) is 1.52. The highest BCUT2D eigenvalue weighted by atomic mass is 35.5. The maximum Gasteiger partial charge on any atom is 0.167 e. The first-order chi connectivity index (χ1) is 10.9. The third-order valence-electron chi connectivity index (χ3n) is 3.75. The Bertz CT molecular complexity index is 726. The van der Waals surface area contributed by atoms with E-state index in [0.29, 0.717) is 28.9 Å². The average Bonchev–Trinajstić information content (AvgIpc) is 2.51. The van der Waals surface area contributed by atoms with Crippen molar-refractivity contribution in [3.05, 3.63) is 57.6 Å². The Hall–Kier alpha value is -1.58. The highest BCUT2D eigenvalue weighted by Gasteiger charge is 2.12. The van der Waals surface area contributed by atoms with E-state index < -0.39 is 0 Å². The van der Waals surface area contributed by atoms with Gasteiger partial charge < -0.3 is 9.47 Å². The number of hydrogen-bond acceptors (Lipinski definition) is 3. The molecule has 0 saturated heterocycles. The predicted molar refractivity (Wildman–Crippen MR) is 100.0 cm³/mol. The van der Waals surface area contributed by atoms with Crippen molar-refractivity contribution < 1.29 is 9.47 Å². The van der Waals surface area contributed by atoms with Crippen molar-refractivity contribution >= 4 is 28.9 Å². The Morgan fingerprint density at radius 2 is 1.74 bits per heavy atom.